The van der Waals surface area contributed by atoms with Crippen LogP contribution >= 0.6 is 0 Å². The topological polar surface area (TPSA) is 111 Å². The summed E-state index contributed by atoms with van der Waals surface area (Å²) in [5.41, 5.74) is 10.3. The number of ether oxygens (including phenoxy) is 12. The highest BCUT2D eigenvalue weighted by atomic mass is 16.6. The van der Waals surface area contributed by atoms with Gasteiger partial charge in [-0.3, -0.25) is 0 Å². The number of fused-ring (bicyclic) bond motifs is 4. The second kappa shape index (κ2) is 30.3. The second-order valence-corrected chi connectivity index (χ2v) is 26.2. The SMILES string of the molecule is C=C1/C=C2/OCCOCCOc3cc(C(C)(C)CC(C)(C)C)ccc3OCCOCCOc3c4cccc3Cc3cccc(c3OCCOCCOc3cc(C(C)(C)CC(C)(C)C)ccc3OCCOCCOc3c(cccc3C4)C1)C/C2=C/C. The van der Waals surface area contributed by atoms with E-state index in [1.54, 1.807) is 0 Å². The van der Waals surface area contributed by atoms with Crippen LogP contribution in [0.2, 0.25) is 0 Å². The van der Waals surface area contributed by atoms with Crippen molar-refractivity contribution in [1.82, 2.24) is 0 Å². The molecule has 0 atom stereocenters. The van der Waals surface area contributed by atoms with Crippen molar-refractivity contribution in [1.29, 1.82) is 0 Å². The molecule has 0 fully saturated rings. The molecule has 12 heteroatoms. The number of hydrogen-bond donors (Lipinski definition) is 0. The van der Waals surface area contributed by atoms with Crippen LogP contribution in [0.4, 0.5) is 0 Å². The predicted octanol–water partition coefficient (Wildman–Crippen LogP) is 14.9. The Morgan fingerprint density at radius 3 is 1.04 bits per heavy atom. The van der Waals surface area contributed by atoms with Crippen molar-refractivity contribution < 1.29 is 56.8 Å². The average Bonchev–Trinajstić information content (AvgIpc) is 2.86. The summed E-state index contributed by atoms with van der Waals surface area (Å²) < 4.78 is 78.1. The fourth-order valence-corrected chi connectivity index (χ4v) is 12.2. The van der Waals surface area contributed by atoms with Crippen molar-refractivity contribution in [3.63, 3.8) is 0 Å². The Bertz CT molecular complexity index is 3040. The Morgan fingerprint density at radius 2 is 0.682 bits per heavy atom. The van der Waals surface area contributed by atoms with E-state index in [1.807, 2.05) is 19.1 Å². The van der Waals surface area contributed by atoms with Crippen molar-refractivity contribution in [3.05, 3.63) is 171 Å². The maximum atomic E-state index is 6.92. The van der Waals surface area contributed by atoms with E-state index in [2.05, 4.69) is 167 Å². The van der Waals surface area contributed by atoms with Crippen LogP contribution in [-0.2, 0) is 60.2 Å². The summed E-state index contributed by atoms with van der Waals surface area (Å²) in [6.07, 6.45) is 8.24. The Morgan fingerprint density at radius 1 is 0.365 bits per heavy atom. The van der Waals surface area contributed by atoms with Gasteiger partial charge in [0.2, 0.25) is 0 Å². The fraction of sp³-hybridized carbons (Fsp3) is 0.507. The first-order valence-corrected chi connectivity index (χ1v) is 30.7. The van der Waals surface area contributed by atoms with Crippen molar-refractivity contribution in [2.75, 3.05) is 106 Å². The molecule has 5 aromatic carbocycles. The number of allylic oxidation sites excluding steroid dienone is 4. The molecule has 2 heterocycles. The van der Waals surface area contributed by atoms with Gasteiger partial charge < -0.3 is 56.8 Å². The standard InChI is InChI=1S/C73H96O12/c1-13-53-45-55-18-15-20-57-47-59-22-16-21-58-46-56-19-14-17-54(67(56)83-40-32-75-27-35-78-63-26-24-61(73(11,12)51-71(6,7)8)49-66(63)82-39-31-77-34-41-84-68(55)57)43-52(2)44-64(53)80-37-29-74-30-38-81-65-48-60(72(9,10)50-70(3,4)5)23-25-62(65)79-36-28-76-33-42-85-69(58)59/h13-26,44,48-49H,2,27-43,45-47,50-51H2,1,3-12H3/b53-13-,64-44+. The van der Waals surface area contributed by atoms with Gasteiger partial charge in [-0.2, -0.15) is 0 Å². The van der Waals surface area contributed by atoms with Gasteiger partial charge in [-0.25, -0.2) is 0 Å². The lowest BCUT2D eigenvalue weighted by molar-refractivity contribution is 0.0577. The Balaban J connectivity index is 1.14. The van der Waals surface area contributed by atoms with Gasteiger partial charge in [0.25, 0.3) is 0 Å². The lowest BCUT2D eigenvalue weighted by atomic mass is 9.72. The van der Waals surface area contributed by atoms with E-state index in [9.17, 15) is 0 Å². The van der Waals surface area contributed by atoms with E-state index < -0.39 is 0 Å². The smallest absolute Gasteiger partial charge is 0.161 e. The minimum Gasteiger partial charge on any atom is -0.491 e. The van der Waals surface area contributed by atoms with Gasteiger partial charge >= 0.3 is 0 Å². The van der Waals surface area contributed by atoms with Crippen LogP contribution in [0.5, 0.6) is 40.2 Å². The third kappa shape index (κ3) is 19.3. The molecule has 0 unspecified atom stereocenters. The normalized spacial score (nSPS) is 18.5. The van der Waals surface area contributed by atoms with E-state index >= 15 is 0 Å². The molecule has 0 N–H and O–H groups in total. The summed E-state index contributed by atoms with van der Waals surface area (Å²) in [5.74, 6) is 5.74. The number of rotatable bonds is 4. The van der Waals surface area contributed by atoms with Gasteiger partial charge in [0.1, 0.15) is 75.9 Å². The highest BCUT2D eigenvalue weighted by Crippen LogP contribution is 2.43. The van der Waals surface area contributed by atoms with E-state index in [0.29, 0.717) is 160 Å². The maximum absolute atomic E-state index is 6.92. The second-order valence-electron chi connectivity index (χ2n) is 26.2. The molecule has 12 nitrogen and oxygen atoms in total. The highest BCUT2D eigenvalue weighted by Gasteiger charge is 2.30. The summed E-state index contributed by atoms with van der Waals surface area (Å²) >= 11 is 0. The molecule has 1 aliphatic carbocycles. The van der Waals surface area contributed by atoms with Gasteiger partial charge in [-0.1, -0.05) is 149 Å². The van der Waals surface area contributed by atoms with Crippen LogP contribution in [0.25, 0.3) is 0 Å². The van der Waals surface area contributed by atoms with Crippen molar-refractivity contribution in [2.45, 2.75) is 126 Å². The van der Waals surface area contributed by atoms with Gasteiger partial charge in [0.05, 0.1) is 52.9 Å². The largest absolute Gasteiger partial charge is 0.491 e. The average molecular weight is 1170 g/mol. The predicted molar refractivity (Wildman–Crippen MR) is 338 cm³/mol. The molecule has 5 aromatic rings. The zero-order valence-electron chi connectivity index (χ0n) is 53.0. The first-order chi connectivity index (χ1) is 40.7. The Kier molecular flexibility index (Phi) is 23.0. The van der Waals surface area contributed by atoms with Crippen LogP contribution in [0, 0.1) is 10.8 Å². The molecule has 0 radical (unpaired) electrons. The molecule has 0 amide bonds. The first kappa shape index (κ1) is 64.6. The van der Waals surface area contributed by atoms with E-state index in [4.69, 9.17) is 56.8 Å². The molecule has 0 saturated heterocycles. The van der Waals surface area contributed by atoms with Gasteiger partial charge in [0, 0.05) is 25.7 Å². The third-order valence-corrected chi connectivity index (χ3v) is 15.3. The van der Waals surface area contributed by atoms with Crippen LogP contribution < -0.4 is 33.2 Å². The molecule has 10 bridgehead atoms. The number of hydrogen-bond acceptors (Lipinski definition) is 12. The zero-order chi connectivity index (χ0) is 60.5. The lowest BCUT2D eigenvalue weighted by Gasteiger charge is -2.33. The van der Waals surface area contributed by atoms with Crippen LogP contribution in [-0.4, -0.2) is 106 Å². The minimum atomic E-state index is -0.0925. The fourth-order valence-electron chi connectivity index (χ4n) is 12.2. The van der Waals surface area contributed by atoms with Gasteiger partial charge in [-0.05, 0) is 127 Å². The number of para-hydroxylation sites is 3. The molecular formula is C73H96O12. The molecule has 3 aliphatic rings. The molecule has 8 rings (SSSR count). The quantitative estimate of drug-likeness (QED) is 0.171. The zero-order valence-corrected chi connectivity index (χ0v) is 53.0. The summed E-state index contributed by atoms with van der Waals surface area (Å²) in [6.45, 7) is 34.8. The van der Waals surface area contributed by atoms with Crippen LogP contribution in [0.3, 0.4) is 0 Å². The first-order valence-electron chi connectivity index (χ1n) is 30.7. The molecule has 460 valence electrons. The molecule has 85 heavy (non-hydrogen) atoms. The van der Waals surface area contributed by atoms with E-state index in [-0.39, 0.29) is 21.7 Å². The molecule has 0 saturated carbocycles. The number of benzene rings is 5. The molecule has 2 aliphatic heterocycles. The summed E-state index contributed by atoms with van der Waals surface area (Å²) in [5, 5.41) is 0. The third-order valence-electron chi connectivity index (χ3n) is 15.3. The molecular weight excluding hydrogens is 1070 g/mol. The highest BCUT2D eigenvalue weighted by molar-refractivity contribution is 5.55. The Hall–Kier alpha value is -6.44. The van der Waals surface area contributed by atoms with Crippen molar-refractivity contribution in [2.24, 2.45) is 10.8 Å². The summed E-state index contributed by atoms with van der Waals surface area (Å²) in [4.78, 5) is 0. The van der Waals surface area contributed by atoms with Gasteiger partial charge in [-0.15, -0.1) is 0 Å². The van der Waals surface area contributed by atoms with E-state index in [1.165, 1.54) is 11.1 Å². The van der Waals surface area contributed by atoms with Crippen molar-refractivity contribution in [3.8, 4) is 40.2 Å². The molecule has 0 spiro atoms. The van der Waals surface area contributed by atoms with Gasteiger partial charge in [0.15, 0.2) is 23.0 Å². The molecule has 0 aromatic heterocycles. The maximum Gasteiger partial charge on any atom is 0.161 e. The Labute approximate surface area is 508 Å². The van der Waals surface area contributed by atoms with Crippen LogP contribution in [0.1, 0.15) is 134 Å². The van der Waals surface area contributed by atoms with E-state index in [0.717, 1.165) is 74.6 Å². The lowest BCUT2D eigenvalue weighted by Crippen LogP contribution is -2.25. The van der Waals surface area contributed by atoms with Crippen molar-refractivity contribution >= 4 is 0 Å². The summed E-state index contributed by atoms with van der Waals surface area (Å²) in [7, 11) is 0. The van der Waals surface area contributed by atoms with Crippen LogP contribution in [0.15, 0.2) is 127 Å². The summed E-state index contributed by atoms with van der Waals surface area (Å²) in [6, 6.07) is 31.7. The monoisotopic (exact) mass is 1160 g/mol. The minimum absolute atomic E-state index is 0.0912.